The van der Waals surface area contributed by atoms with Gasteiger partial charge in [0.15, 0.2) is 0 Å². The van der Waals surface area contributed by atoms with Gasteiger partial charge in [-0.25, -0.2) is 23.5 Å². The zero-order chi connectivity index (χ0) is 14.4. The van der Waals surface area contributed by atoms with Crippen LogP contribution in [-0.2, 0) is 0 Å². The first-order valence-corrected chi connectivity index (χ1v) is 7.20. The fourth-order valence-corrected chi connectivity index (χ4v) is 2.77. The lowest BCUT2D eigenvalue weighted by Crippen LogP contribution is -2.33. The van der Waals surface area contributed by atoms with Gasteiger partial charge >= 0.3 is 11.4 Å². The van der Waals surface area contributed by atoms with Gasteiger partial charge in [-0.15, -0.1) is 0 Å². The van der Waals surface area contributed by atoms with E-state index in [0.29, 0.717) is 5.69 Å². The SMILES string of the molecule is CC1C=CC(C)n2c(=O)n(-c3ccc(Br)cc3)c(=O)n21. The van der Waals surface area contributed by atoms with Crippen LogP contribution in [0.5, 0.6) is 0 Å². The van der Waals surface area contributed by atoms with E-state index in [1.807, 2.05) is 38.1 Å². The molecule has 2 unspecified atom stereocenters. The summed E-state index contributed by atoms with van der Waals surface area (Å²) in [6.45, 7) is 3.79. The van der Waals surface area contributed by atoms with Crippen molar-refractivity contribution in [3.05, 3.63) is 61.9 Å². The van der Waals surface area contributed by atoms with Crippen LogP contribution in [0, 0.1) is 0 Å². The van der Waals surface area contributed by atoms with E-state index in [0.717, 1.165) is 4.47 Å². The molecule has 0 saturated carbocycles. The Morgan fingerprint density at radius 2 is 1.35 bits per heavy atom. The molecule has 20 heavy (non-hydrogen) atoms. The van der Waals surface area contributed by atoms with E-state index in [1.165, 1.54) is 13.9 Å². The minimum absolute atomic E-state index is 0.122. The van der Waals surface area contributed by atoms with Crippen molar-refractivity contribution in [2.45, 2.75) is 25.9 Å². The van der Waals surface area contributed by atoms with E-state index in [2.05, 4.69) is 15.9 Å². The summed E-state index contributed by atoms with van der Waals surface area (Å²) in [5.74, 6) is 0. The molecule has 0 spiro atoms. The first-order chi connectivity index (χ1) is 9.50. The fraction of sp³-hybridized carbons (Fsp3) is 0.286. The highest BCUT2D eigenvalue weighted by atomic mass is 79.9. The van der Waals surface area contributed by atoms with E-state index in [-0.39, 0.29) is 23.5 Å². The number of fused-ring (bicyclic) bond motifs is 1. The van der Waals surface area contributed by atoms with E-state index in [9.17, 15) is 9.59 Å². The van der Waals surface area contributed by atoms with Crippen LogP contribution in [0.4, 0.5) is 0 Å². The zero-order valence-corrected chi connectivity index (χ0v) is 12.7. The van der Waals surface area contributed by atoms with Gasteiger partial charge in [0, 0.05) is 4.47 Å². The van der Waals surface area contributed by atoms with Crippen LogP contribution < -0.4 is 11.4 Å². The van der Waals surface area contributed by atoms with Crippen molar-refractivity contribution in [3.63, 3.8) is 0 Å². The monoisotopic (exact) mass is 335 g/mol. The smallest absolute Gasteiger partial charge is 0.245 e. The van der Waals surface area contributed by atoms with Crippen LogP contribution >= 0.6 is 15.9 Å². The molecular formula is C14H14BrN3O2. The topological polar surface area (TPSA) is 48.9 Å². The molecule has 104 valence electrons. The Balaban J connectivity index is 2.30. The van der Waals surface area contributed by atoms with Gasteiger partial charge in [-0.2, -0.15) is 0 Å². The summed E-state index contributed by atoms with van der Waals surface area (Å²) in [5, 5.41) is 0. The van der Waals surface area contributed by atoms with Crippen molar-refractivity contribution < 1.29 is 0 Å². The summed E-state index contributed by atoms with van der Waals surface area (Å²) in [6, 6.07) is 6.89. The second-order valence-corrected chi connectivity index (χ2v) is 5.85. The van der Waals surface area contributed by atoms with Gasteiger partial charge in [-0.05, 0) is 38.1 Å². The average Bonchev–Trinajstić information content (AvgIpc) is 2.69. The maximum absolute atomic E-state index is 12.5. The van der Waals surface area contributed by atoms with Crippen molar-refractivity contribution in [2.24, 2.45) is 0 Å². The third-order valence-corrected chi connectivity index (χ3v) is 4.06. The van der Waals surface area contributed by atoms with Crippen LogP contribution in [0.25, 0.3) is 5.69 Å². The first kappa shape index (κ1) is 13.2. The molecule has 1 aliphatic rings. The van der Waals surface area contributed by atoms with Gasteiger partial charge in [0.25, 0.3) is 0 Å². The molecule has 0 amide bonds. The van der Waals surface area contributed by atoms with Gasteiger partial charge in [-0.3, -0.25) is 0 Å². The van der Waals surface area contributed by atoms with Crippen LogP contribution in [0.1, 0.15) is 25.9 Å². The summed E-state index contributed by atoms with van der Waals surface area (Å²) >= 11 is 3.35. The van der Waals surface area contributed by atoms with Gasteiger partial charge in [0.05, 0.1) is 17.8 Å². The third-order valence-electron chi connectivity index (χ3n) is 3.53. The van der Waals surface area contributed by atoms with Crippen molar-refractivity contribution in [1.29, 1.82) is 0 Å². The Morgan fingerprint density at radius 3 is 1.80 bits per heavy atom. The highest BCUT2D eigenvalue weighted by Crippen LogP contribution is 2.18. The van der Waals surface area contributed by atoms with Crippen molar-refractivity contribution >= 4 is 15.9 Å². The second kappa shape index (κ2) is 4.63. The normalized spacial score (nSPS) is 20.9. The molecule has 1 aromatic carbocycles. The molecule has 0 N–H and O–H groups in total. The number of hydrogen-bond donors (Lipinski definition) is 0. The molecule has 5 nitrogen and oxygen atoms in total. The largest absolute Gasteiger partial charge is 0.352 e. The van der Waals surface area contributed by atoms with E-state index in [1.54, 1.807) is 12.1 Å². The molecule has 0 radical (unpaired) electrons. The number of halogens is 1. The minimum atomic E-state index is -0.305. The van der Waals surface area contributed by atoms with Gasteiger partial charge in [0.1, 0.15) is 0 Å². The Labute approximate surface area is 123 Å². The van der Waals surface area contributed by atoms with Gasteiger partial charge in [0.2, 0.25) is 0 Å². The van der Waals surface area contributed by atoms with Gasteiger partial charge in [-0.1, -0.05) is 28.1 Å². The molecule has 3 rings (SSSR count). The minimum Gasteiger partial charge on any atom is -0.245 e. The molecule has 0 bridgehead atoms. The number of allylic oxidation sites excluding steroid dienone is 2. The molecule has 0 saturated heterocycles. The van der Waals surface area contributed by atoms with E-state index in [4.69, 9.17) is 0 Å². The number of hydrogen-bond acceptors (Lipinski definition) is 2. The summed E-state index contributed by atoms with van der Waals surface area (Å²) in [6.07, 6.45) is 3.88. The van der Waals surface area contributed by atoms with E-state index >= 15 is 0 Å². The standard InChI is InChI=1S/C14H14BrN3O2/c1-9-3-4-10(2)18-14(20)16(13(19)17(9)18)12-7-5-11(15)6-8-12/h3-10H,1-2H3. The fourth-order valence-electron chi connectivity index (χ4n) is 2.51. The molecule has 0 fully saturated rings. The maximum Gasteiger partial charge on any atom is 0.352 e. The predicted octanol–water partition coefficient (Wildman–Crippen LogP) is 2.25. The highest BCUT2D eigenvalue weighted by molar-refractivity contribution is 9.10. The number of rotatable bonds is 1. The third kappa shape index (κ3) is 1.83. The molecule has 2 heterocycles. The van der Waals surface area contributed by atoms with Crippen LogP contribution in [-0.4, -0.2) is 13.9 Å². The predicted molar refractivity (Wildman–Crippen MR) is 80.6 cm³/mol. The number of nitrogens with zero attached hydrogens (tertiary/aromatic N) is 3. The number of aromatic nitrogens is 3. The second-order valence-electron chi connectivity index (χ2n) is 4.93. The highest BCUT2D eigenvalue weighted by Gasteiger charge is 2.24. The van der Waals surface area contributed by atoms with Crippen LogP contribution in [0.2, 0.25) is 0 Å². The number of benzene rings is 1. The van der Waals surface area contributed by atoms with Crippen molar-refractivity contribution in [1.82, 2.24) is 13.9 Å². The lowest BCUT2D eigenvalue weighted by Gasteiger charge is -2.21. The lowest BCUT2D eigenvalue weighted by molar-refractivity contribution is 0.375. The van der Waals surface area contributed by atoms with Crippen molar-refractivity contribution in [2.75, 3.05) is 0 Å². The molecular weight excluding hydrogens is 322 g/mol. The maximum atomic E-state index is 12.5. The summed E-state index contributed by atoms with van der Waals surface area (Å²) < 4.78 is 5.14. The molecule has 0 aliphatic carbocycles. The Morgan fingerprint density at radius 1 is 0.900 bits per heavy atom. The summed E-state index contributed by atoms with van der Waals surface area (Å²) in [7, 11) is 0. The van der Waals surface area contributed by atoms with Crippen molar-refractivity contribution in [3.8, 4) is 5.69 Å². The van der Waals surface area contributed by atoms with Crippen LogP contribution in [0.3, 0.4) is 0 Å². The molecule has 2 atom stereocenters. The van der Waals surface area contributed by atoms with E-state index < -0.39 is 0 Å². The quantitative estimate of drug-likeness (QED) is 0.750. The zero-order valence-electron chi connectivity index (χ0n) is 11.2. The molecule has 1 aromatic heterocycles. The average molecular weight is 336 g/mol. The molecule has 6 heteroatoms. The summed E-state index contributed by atoms with van der Waals surface area (Å²) in [4.78, 5) is 25.1. The molecule has 1 aliphatic heterocycles. The first-order valence-electron chi connectivity index (χ1n) is 6.41. The molecule has 2 aromatic rings. The Bertz CT molecular complexity index is 752. The lowest BCUT2D eigenvalue weighted by atomic mass is 10.2. The Hall–Kier alpha value is -1.82. The Kier molecular flexibility index (Phi) is 3.05. The van der Waals surface area contributed by atoms with Crippen LogP contribution in [0.15, 0.2) is 50.5 Å². The van der Waals surface area contributed by atoms with Gasteiger partial charge < -0.3 is 0 Å². The summed E-state index contributed by atoms with van der Waals surface area (Å²) in [5.41, 5.74) is -0.0287.